The number of aromatic nitrogens is 4. The largest absolute Gasteiger partial charge is 0.456 e. The van der Waals surface area contributed by atoms with Crippen LogP contribution in [-0.2, 0) is 0 Å². The second-order valence-corrected chi connectivity index (χ2v) is 16.3. The van der Waals surface area contributed by atoms with Gasteiger partial charge in [-0.3, -0.25) is 0 Å². The van der Waals surface area contributed by atoms with Crippen molar-refractivity contribution in [2.45, 2.75) is 0 Å². The summed E-state index contributed by atoms with van der Waals surface area (Å²) in [4.78, 5) is 15.2. The van der Waals surface area contributed by atoms with Gasteiger partial charge in [0.2, 0.25) is 0 Å². The van der Waals surface area contributed by atoms with Crippen LogP contribution in [0.4, 0.5) is 0 Å². The maximum atomic E-state index is 6.68. The molecule has 0 bridgehead atoms. The Balaban J connectivity index is 0.981. The Morgan fingerprint density at radius 1 is 0.373 bits per heavy atom. The summed E-state index contributed by atoms with van der Waals surface area (Å²) < 4.78 is 11.6. The first-order valence-corrected chi connectivity index (χ1v) is 20.6. The monoisotopic (exact) mass is 770 g/mol. The third-order valence-corrected chi connectivity index (χ3v) is 12.9. The number of benzene rings is 9. The molecule has 0 saturated carbocycles. The molecule has 0 aliphatic rings. The second-order valence-electron chi connectivity index (χ2n) is 15.2. The highest BCUT2D eigenvalue weighted by Gasteiger charge is 2.19. The molecule has 0 aliphatic heterocycles. The molecule has 13 rings (SSSR count). The average Bonchev–Trinajstić information content (AvgIpc) is 3.97. The van der Waals surface area contributed by atoms with Crippen molar-refractivity contribution in [1.29, 1.82) is 0 Å². The molecule has 0 atom stereocenters. The van der Waals surface area contributed by atoms with Crippen molar-refractivity contribution in [2.75, 3.05) is 0 Å². The fraction of sp³-hybridized carbons (Fsp3) is 0. The third kappa shape index (κ3) is 5.00. The molecule has 4 heterocycles. The van der Waals surface area contributed by atoms with Gasteiger partial charge < -0.3 is 8.98 Å². The van der Waals surface area contributed by atoms with Gasteiger partial charge in [0.15, 0.2) is 17.5 Å². The maximum Gasteiger partial charge on any atom is 0.164 e. The summed E-state index contributed by atoms with van der Waals surface area (Å²) >= 11 is 1.80. The molecule has 59 heavy (non-hydrogen) atoms. The molecular weight excluding hydrogens is 741 g/mol. The Morgan fingerprint density at radius 2 is 1.05 bits per heavy atom. The predicted molar refractivity (Wildman–Crippen MR) is 246 cm³/mol. The van der Waals surface area contributed by atoms with E-state index in [-0.39, 0.29) is 0 Å². The minimum atomic E-state index is 0.595. The highest BCUT2D eigenvalue weighted by atomic mass is 32.1. The number of thiophene rings is 1. The van der Waals surface area contributed by atoms with Crippen LogP contribution in [0.3, 0.4) is 0 Å². The quantitative estimate of drug-likeness (QED) is 0.179. The fourth-order valence-electron chi connectivity index (χ4n) is 9.01. The smallest absolute Gasteiger partial charge is 0.164 e. The van der Waals surface area contributed by atoms with Gasteiger partial charge in [0.05, 0.1) is 11.0 Å². The highest BCUT2D eigenvalue weighted by Crippen LogP contribution is 2.41. The number of nitrogens with zero attached hydrogens (tertiary/aromatic N) is 4. The van der Waals surface area contributed by atoms with Crippen molar-refractivity contribution in [1.82, 2.24) is 19.5 Å². The van der Waals surface area contributed by atoms with Crippen molar-refractivity contribution in [3.63, 3.8) is 0 Å². The van der Waals surface area contributed by atoms with Crippen LogP contribution in [0.25, 0.3) is 125 Å². The van der Waals surface area contributed by atoms with Gasteiger partial charge in [-0.15, -0.1) is 11.3 Å². The molecule has 0 radical (unpaired) electrons. The summed E-state index contributed by atoms with van der Waals surface area (Å²) in [6.07, 6.45) is 0. The normalized spacial score (nSPS) is 12.1. The fourth-order valence-corrected chi connectivity index (χ4v) is 10.1. The summed E-state index contributed by atoms with van der Waals surface area (Å²) in [5.74, 6) is 1.85. The topological polar surface area (TPSA) is 56.7 Å². The Kier molecular flexibility index (Phi) is 6.82. The summed E-state index contributed by atoms with van der Waals surface area (Å²) in [5, 5.41) is 11.8. The molecule has 6 heteroatoms. The van der Waals surface area contributed by atoms with Crippen molar-refractivity contribution in [2.24, 2.45) is 0 Å². The summed E-state index contributed by atoms with van der Waals surface area (Å²) in [6, 6.07) is 64.5. The van der Waals surface area contributed by atoms with E-state index in [1.807, 2.05) is 30.3 Å². The third-order valence-electron chi connectivity index (χ3n) is 11.8. The van der Waals surface area contributed by atoms with Crippen LogP contribution in [0.2, 0.25) is 0 Å². The summed E-state index contributed by atoms with van der Waals surface area (Å²) in [6.45, 7) is 0. The van der Waals surface area contributed by atoms with Gasteiger partial charge in [0.25, 0.3) is 0 Å². The SMILES string of the molecule is c1ccc(-c2nc(-c3ccc4c(c3)oc3ccc5ccc(-n6c7ccccc7c7cc8ccccc8cc76)cc5c34)nc(-c3ccc4sc5ccccc5c4c3)n2)cc1. The molecule has 9 aromatic carbocycles. The molecule has 0 saturated heterocycles. The number of fused-ring (bicyclic) bond motifs is 12. The first kappa shape index (κ1) is 32.4. The summed E-state index contributed by atoms with van der Waals surface area (Å²) in [5.41, 5.74) is 7.85. The Bertz CT molecular complexity index is 3860. The number of furan rings is 1. The van der Waals surface area contributed by atoms with E-state index in [1.54, 1.807) is 11.3 Å². The minimum Gasteiger partial charge on any atom is -0.456 e. The van der Waals surface area contributed by atoms with Crippen LogP contribution in [-0.4, -0.2) is 19.5 Å². The first-order valence-electron chi connectivity index (χ1n) is 19.8. The zero-order valence-corrected chi connectivity index (χ0v) is 32.2. The van der Waals surface area contributed by atoms with E-state index >= 15 is 0 Å². The molecule has 274 valence electrons. The van der Waals surface area contributed by atoms with Gasteiger partial charge in [-0.25, -0.2) is 15.0 Å². The average molecular weight is 771 g/mol. The molecule has 0 aliphatic carbocycles. The Hall–Kier alpha value is -7.67. The van der Waals surface area contributed by atoms with Crippen LogP contribution in [0, 0.1) is 0 Å². The van der Waals surface area contributed by atoms with Gasteiger partial charge >= 0.3 is 0 Å². The van der Waals surface area contributed by atoms with E-state index in [1.165, 1.54) is 52.8 Å². The lowest BCUT2D eigenvalue weighted by Crippen LogP contribution is -2.00. The number of rotatable bonds is 4. The molecular formula is C53H30N4OS. The molecule has 5 nitrogen and oxygen atoms in total. The van der Waals surface area contributed by atoms with E-state index in [0.717, 1.165) is 55.1 Å². The number of hydrogen-bond acceptors (Lipinski definition) is 5. The van der Waals surface area contributed by atoms with E-state index in [2.05, 4.69) is 156 Å². The van der Waals surface area contributed by atoms with Crippen LogP contribution in [0.5, 0.6) is 0 Å². The molecule has 0 N–H and O–H groups in total. The van der Waals surface area contributed by atoms with Gasteiger partial charge in [-0.05, 0) is 94.3 Å². The Labute approximate surface area is 341 Å². The van der Waals surface area contributed by atoms with Crippen LogP contribution >= 0.6 is 11.3 Å². The molecule has 0 fully saturated rings. The van der Waals surface area contributed by atoms with Crippen LogP contribution in [0.15, 0.2) is 186 Å². The predicted octanol–water partition coefficient (Wildman–Crippen LogP) is 14.5. The standard InChI is InChI=1S/C53H30N4OS/c1-2-10-32(11-3-1)51-54-52(35-21-25-49-43(27-35)39-15-7-9-17-48(39)59-49)56-53(55-51)36-19-23-40-47(29-36)58-46-24-20-31-18-22-37(30-41(31)50(40)46)57-44-16-8-6-14-38(44)42-26-33-12-4-5-13-34(33)28-45(42)57/h1-30H. The van der Waals surface area contributed by atoms with E-state index < -0.39 is 0 Å². The zero-order chi connectivity index (χ0) is 38.6. The van der Waals surface area contributed by atoms with Crippen molar-refractivity contribution >= 4 is 96.8 Å². The number of para-hydroxylation sites is 1. The lowest BCUT2D eigenvalue weighted by molar-refractivity contribution is 0.669. The van der Waals surface area contributed by atoms with Gasteiger partial charge in [-0.2, -0.15) is 0 Å². The lowest BCUT2D eigenvalue weighted by Gasteiger charge is -2.10. The van der Waals surface area contributed by atoms with E-state index in [9.17, 15) is 0 Å². The van der Waals surface area contributed by atoms with E-state index in [4.69, 9.17) is 19.4 Å². The van der Waals surface area contributed by atoms with Gasteiger partial charge in [-0.1, -0.05) is 109 Å². The summed E-state index contributed by atoms with van der Waals surface area (Å²) in [7, 11) is 0. The molecule has 0 unspecified atom stereocenters. The van der Waals surface area contributed by atoms with E-state index in [0.29, 0.717) is 17.5 Å². The van der Waals surface area contributed by atoms with Crippen LogP contribution in [0.1, 0.15) is 0 Å². The van der Waals surface area contributed by atoms with Crippen molar-refractivity contribution < 1.29 is 4.42 Å². The lowest BCUT2D eigenvalue weighted by atomic mass is 10.0. The first-order chi connectivity index (χ1) is 29.2. The molecule has 4 aromatic heterocycles. The van der Waals surface area contributed by atoms with Crippen molar-refractivity contribution in [3.8, 4) is 39.9 Å². The minimum absolute atomic E-state index is 0.595. The second kappa shape index (κ2) is 12.4. The Morgan fingerprint density at radius 3 is 1.92 bits per heavy atom. The number of hydrogen-bond donors (Lipinski definition) is 0. The van der Waals surface area contributed by atoms with Gasteiger partial charge in [0, 0.05) is 64.1 Å². The van der Waals surface area contributed by atoms with Gasteiger partial charge in [0.1, 0.15) is 11.2 Å². The zero-order valence-electron chi connectivity index (χ0n) is 31.4. The maximum absolute atomic E-state index is 6.68. The van der Waals surface area contributed by atoms with Crippen molar-refractivity contribution in [3.05, 3.63) is 182 Å². The highest BCUT2D eigenvalue weighted by molar-refractivity contribution is 7.25. The molecule has 13 aromatic rings. The molecule has 0 spiro atoms. The molecule has 0 amide bonds. The van der Waals surface area contributed by atoms with Crippen LogP contribution < -0.4 is 0 Å².